The van der Waals surface area contributed by atoms with Crippen LogP contribution in [0.15, 0.2) is 0 Å². The Bertz CT molecular complexity index is 33.7. The molecule has 0 N–H and O–H groups in total. The molecule has 28 valence electrons. The van der Waals surface area contributed by atoms with Gasteiger partial charge in [0.05, 0.1) is 38.4 Å². The van der Waals surface area contributed by atoms with E-state index in [-0.39, 0.29) is 0 Å². The van der Waals surface area contributed by atoms with Crippen molar-refractivity contribution in [1.82, 2.24) is 0 Å². The van der Waals surface area contributed by atoms with Crippen LogP contribution >= 0.6 is 0 Å². The molecular formula is CH9B5. The topological polar surface area (TPSA) is 0 Å². The summed E-state index contributed by atoms with van der Waals surface area (Å²) >= 11 is 0. The summed E-state index contributed by atoms with van der Waals surface area (Å²) in [4.78, 5) is 0. The molecule has 0 aliphatic heterocycles. The summed E-state index contributed by atoms with van der Waals surface area (Å²) < 4.78 is 0. The molecule has 5 heteroatoms. The van der Waals surface area contributed by atoms with Crippen molar-refractivity contribution in [3.63, 3.8) is 0 Å². The molecule has 0 saturated heterocycles. The van der Waals surface area contributed by atoms with Crippen LogP contribution in [0.4, 0.5) is 0 Å². The standard InChI is InChI=1S/CH9B5/c2-1(3,4)6-5/h6H,2-5H2. The van der Waals surface area contributed by atoms with Gasteiger partial charge in [0.2, 0.25) is 0 Å². The van der Waals surface area contributed by atoms with Crippen molar-refractivity contribution < 1.29 is 0 Å². The minimum Gasteiger partial charge on any atom is -0.142 e. The molecule has 0 aromatic carbocycles. The molecule has 0 unspecified atom stereocenters. The largest absolute Gasteiger partial charge is 0.142 e. The fraction of sp³-hybridized carbons (Fsp3) is 1.00. The molecule has 0 aromatic heterocycles. The molecule has 0 nitrogen and oxygen atoms in total. The normalized spacial score (nSPS) is 10.7. The van der Waals surface area contributed by atoms with Crippen LogP contribution < -0.4 is 0 Å². The maximum atomic E-state index is 2.24. The second-order valence-corrected chi connectivity index (χ2v) is 2.91. The molecule has 0 saturated carbocycles. The van der Waals surface area contributed by atoms with E-state index in [4.69, 9.17) is 0 Å². The highest BCUT2D eigenvalue weighted by Gasteiger charge is 2.06. The van der Waals surface area contributed by atoms with E-state index in [0.29, 0.717) is 5.01 Å². The zero-order valence-corrected chi connectivity index (χ0v) is 5.21. The summed E-state index contributed by atoms with van der Waals surface area (Å²) in [7, 11) is 10.2. The average Bonchev–Trinajstić information content (AvgIpc) is 1.35. The van der Waals surface area contributed by atoms with Crippen molar-refractivity contribution in [1.29, 1.82) is 0 Å². The first kappa shape index (κ1) is 6.32. The van der Waals surface area contributed by atoms with Gasteiger partial charge in [-0.25, -0.2) is 0 Å². The van der Waals surface area contributed by atoms with E-state index in [1.165, 1.54) is 7.17 Å². The third-order valence-electron chi connectivity index (χ3n) is 1.06. The first-order valence-corrected chi connectivity index (χ1v) is 2.56. The van der Waals surface area contributed by atoms with Gasteiger partial charge in [-0.2, -0.15) is 0 Å². The first-order valence-electron chi connectivity index (χ1n) is 2.56. The summed E-state index contributed by atoms with van der Waals surface area (Å²) in [6.07, 6.45) is 0. The van der Waals surface area contributed by atoms with E-state index in [9.17, 15) is 0 Å². The molecule has 0 spiro atoms. The van der Waals surface area contributed by atoms with Crippen LogP contribution in [0.25, 0.3) is 0 Å². The molecule has 0 atom stereocenters. The van der Waals surface area contributed by atoms with Gasteiger partial charge in [-0.1, -0.05) is 0 Å². The zero-order chi connectivity index (χ0) is 5.21. The second-order valence-electron chi connectivity index (χ2n) is 2.91. The van der Waals surface area contributed by atoms with Gasteiger partial charge < -0.3 is 0 Å². The number of hydrogen-bond acceptors (Lipinski definition) is 0. The Kier molecular flexibility index (Phi) is 1.96. The molecule has 0 aliphatic rings. The summed E-state index contributed by atoms with van der Waals surface area (Å²) in [5.74, 6) is 0. The van der Waals surface area contributed by atoms with Gasteiger partial charge in [-0.3, -0.25) is 0 Å². The highest BCUT2D eigenvalue weighted by molar-refractivity contribution is 7.04. The summed E-state index contributed by atoms with van der Waals surface area (Å²) in [6, 6.07) is 0. The van der Waals surface area contributed by atoms with Gasteiger partial charge in [0.25, 0.3) is 0 Å². The monoisotopic (exact) mass is 76.1 g/mol. The van der Waals surface area contributed by atoms with Crippen molar-refractivity contribution in [3.05, 3.63) is 0 Å². The van der Waals surface area contributed by atoms with Crippen LogP contribution in [0, 0.1) is 0 Å². The Morgan fingerprint density at radius 1 is 1.17 bits per heavy atom. The molecule has 0 rings (SSSR count). The lowest BCUT2D eigenvalue weighted by Gasteiger charge is -2.10. The molecule has 0 aliphatic carbocycles. The molecule has 0 amide bonds. The van der Waals surface area contributed by atoms with Gasteiger partial charge in [0, 0.05) is 0 Å². The van der Waals surface area contributed by atoms with Crippen molar-refractivity contribution in [2.75, 3.05) is 0 Å². The Labute approximate surface area is 44.3 Å². The molecule has 0 aromatic rings. The van der Waals surface area contributed by atoms with E-state index >= 15 is 0 Å². The van der Waals surface area contributed by atoms with E-state index < -0.39 is 0 Å². The number of rotatable bonds is 1. The van der Waals surface area contributed by atoms with Crippen molar-refractivity contribution >= 4 is 38.4 Å². The Morgan fingerprint density at radius 2 is 1.33 bits per heavy atom. The lowest BCUT2D eigenvalue weighted by molar-refractivity contribution is 1.69. The van der Waals surface area contributed by atoms with Gasteiger partial charge in [-0.15, -0.1) is 5.01 Å². The van der Waals surface area contributed by atoms with Gasteiger partial charge in [-0.05, 0) is 0 Å². The Morgan fingerprint density at radius 3 is 1.33 bits per heavy atom. The van der Waals surface area contributed by atoms with E-state index in [1.54, 1.807) is 0 Å². The fourth-order valence-electron chi connectivity index (χ4n) is 0. The van der Waals surface area contributed by atoms with Gasteiger partial charge in [0.1, 0.15) is 0 Å². The fourth-order valence-corrected chi connectivity index (χ4v) is 0. The van der Waals surface area contributed by atoms with Crippen molar-refractivity contribution in [2.24, 2.45) is 0 Å². The molecule has 0 bridgehead atoms. The third kappa shape index (κ3) is 4.32. The highest BCUT2D eigenvalue weighted by Crippen LogP contribution is 1.99. The van der Waals surface area contributed by atoms with Crippen LogP contribution in [0.1, 0.15) is 0 Å². The number of hydrogen-bond donors (Lipinski definition) is 0. The van der Waals surface area contributed by atoms with Crippen molar-refractivity contribution in [3.8, 4) is 0 Å². The van der Waals surface area contributed by atoms with Crippen LogP contribution in [0.2, 0.25) is 5.01 Å². The lowest BCUT2D eigenvalue weighted by Crippen LogP contribution is -2.21. The lowest BCUT2D eigenvalue weighted by atomic mass is 9.18. The maximum Gasteiger partial charge on any atom is 0.0827 e. The van der Waals surface area contributed by atoms with Crippen LogP contribution in [0.5, 0.6) is 0 Å². The molecule has 6 heavy (non-hydrogen) atoms. The quantitative estimate of drug-likeness (QED) is 0.278. The van der Waals surface area contributed by atoms with E-state index in [0.717, 1.165) is 0 Å². The molecule has 0 radical (unpaired) electrons. The minimum absolute atomic E-state index is 0.542. The molecule has 0 fully saturated rings. The highest BCUT2D eigenvalue weighted by atomic mass is 13.5. The Balaban J connectivity index is 3.17. The van der Waals surface area contributed by atoms with Gasteiger partial charge in [0.15, 0.2) is 0 Å². The average molecular weight is 75.1 g/mol. The van der Waals surface area contributed by atoms with E-state index in [1.807, 2.05) is 0 Å². The smallest absolute Gasteiger partial charge is 0.0827 e. The van der Waals surface area contributed by atoms with Crippen LogP contribution in [-0.2, 0) is 0 Å². The van der Waals surface area contributed by atoms with Gasteiger partial charge >= 0.3 is 0 Å². The first-order chi connectivity index (χ1) is 2.56. The van der Waals surface area contributed by atoms with Crippen LogP contribution in [0.3, 0.4) is 0 Å². The predicted octanol–water partition coefficient (Wildman–Crippen LogP) is -4.10. The van der Waals surface area contributed by atoms with Crippen LogP contribution in [-0.4, -0.2) is 38.4 Å². The minimum atomic E-state index is 0.542. The zero-order valence-electron chi connectivity index (χ0n) is 5.21. The Hall–Kier alpha value is 0.325. The third-order valence-corrected chi connectivity index (χ3v) is 1.06. The van der Waals surface area contributed by atoms with E-state index in [2.05, 4.69) is 31.3 Å². The van der Waals surface area contributed by atoms with Crippen molar-refractivity contribution in [2.45, 2.75) is 5.01 Å². The summed E-state index contributed by atoms with van der Waals surface area (Å²) in [5.41, 5.74) is 0. The maximum absolute atomic E-state index is 2.24. The SMILES string of the molecule is BBC(B)(B)B. The summed E-state index contributed by atoms with van der Waals surface area (Å²) in [5, 5.41) is 0.542. The molecular weight excluding hydrogens is 66.1 g/mol. The second kappa shape index (κ2) is 1.86. The predicted molar refractivity (Wildman–Crippen MR) is 44.0 cm³/mol. The summed E-state index contributed by atoms with van der Waals surface area (Å²) in [6.45, 7) is 0. The molecule has 0 heterocycles.